The first-order valence-corrected chi connectivity index (χ1v) is 5.26. The lowest BCUT2D eigenvalue weighted by molar-refractivity contribution is 0.282. The Labute approximate surface area is 96.0 Å². The highest BCUT2D eigenvalue weighted by atomic mass is 79.9. The lowest BCUT2D eigenvalue weighted by atomic mass is 10.1. The molecule has 1 aromatic carbocycles. The fraction of sp³-hybridized carbons (Fsp3) is 0.0909. The molecule has 3 nitrogen and oxygen atoms in total. The van der Waals surface area contributed by atoms with E-state index in [1.807, 2.05) is 30.3 Å². The van der Waals surface area contributed by atoms with E-state index in [1.54, 1.807) is 0 Å². The summed E-state index contributed by atoms with van der Waals surface area (Å²) in [5.41, 5.74) is 2.77. The number of aliphatic hydroxyl groups excluding tert-OH is 1. The molecule has 0 saturated heterocycles. The minimum Gasteiger partial charge on any atom is -0.392 e. The summed E-state index contributed by atoms with van der Waals surface area (Å²) >= 11 is 3.30. The minimum absolute atomic E-state index is 0.0632. The molecule has 15 heavy (non-hydrogen) atoms. The van der Waals surface area contributed by atoms with Crippen molar-refractivity contribution in [2.24, 2.45) is 0 Å². The number of hydrogen-bond donors (Lipinski definition) is 1. The van der Waals surface area contributed by atoms with Crippen LogP contribution < -0.4 is 0 Å². The monoisotopic (exact) mass is 264 g/mol. The van der Waals surface area contributed by atoms with Gasteiger partial charge in [0.1, 0.15) is 10.9 Å². The summed E-state index contributed by atoms with van der Waals surface area (Å²) in [6.07, 6.45) is 1.51. The van der Waals surface area contributed by atoms with Crippen LogP contribution in [0.5, 0.6) is 0 Å². The standard InChI is InChI=1S/C11H9BrN2O/c12-11-5-10(13-7-14-11)9-3-1-8(6-15)2-4-9/h1-5,7,15H,6H2. The van der Waals surface area contributed by atoms with Gasteiger partial charge in [0.2, 0.25) is 0 Å². The number of aliphatic hydroxyl groups is 1. The van der Waals surface area contributed by atoms with Crippen LogP contribution in [0, 0.1) is 0 Å². The molecule has 76 valence electrons. The molecule has 0 bridgehead atoms. The van der Waals surface area contributed by atoms with Gasteiger partial charge in [0.05, 0.1) is 12.3 Å². The molecular formula is C11H9BrN2O. The Morgan fingerprint density at radius 3 is 2.47 bits per heavy atom. The zero-order valence-corrected chi connectivity index (χ0v) is 9.48. The normalized spacial score (nSPS) is 10.3. The molecule has 0 spiro atoms. The van der Waals surface area contributed by atoms with E-state index in [4.69, 9.17) is 5.11 Å². The lowest BCUT2D eigenvalue weighted by Crippen LogP contribution is -1.87. The van der Waals surface area contributed by atoms with E-state index in [2.05, 4.69) is 25.9 Å². The van der Waals surface area contributed by atoms with Crippen LogP contribution in [0.1, 0.15) is 5.56 Å². The van der Waals surface area contributed by atoms with Crippen LogP contribution in [-0.2, 0) is 6.61 Å². The van der Waals surface area contributed by atoms with Crippen LogP contribution in [0.15, 0.2) is 41.3 Å². The quantitative estimate of drug-likeness (QED) is 0.848. The maximum Gasteiger partial charge on any atom is 0.117 e. The van der Waals surface area contributed by atoms with Gasteiger partial charge in [-0.15, -0.1) is 0 Å². The van der Waals surface area contributed by atoms with Crippen molar-refractivity contribution in [1.82, 2.24) is 9.97 Å². The number of benzene rings is 1. The van der Waals surface area contributed by atoms with E-state index in [1.165, 1.54) is 6.33 Å². The maximum absolute atomic E-state index is 8.91. The Kier molecular flexibility index (Phi) is 3.08. The van der Waals surface area contributed by atoms with E-state index >= 15 is 0 Å². The van der Waals surface area contributed by atoms with E-state index in [9.17, 15) is 0 Å². The predicted molar refractivity (Wildman–Crippen MR) is 61.1 cm³/mol. The Morgan fingerprint density at radius 1 is 1.13 bits per heavy atom. The van der Waals surface area contributed by atoms with Crippen LogP contribution in [0.4, 0.5) is 0 Å². The summed E-state index contributed by atoms with van der Waals surface area (Å²) in [5, 5.41) is 8.91. The molecule has 0 aliphatic heterocycles. The Hall–Kier alpha value is -1.26. The third-order valence-electron chi connectivity index (χ3n) is 2.07. The maximum atomic E-state index is 8.91. The first-order chi connectivity index (χ1) is 7.29. The van der Waals surface area contributed by atoms with E-state index < -0.39 is 0 Å². The minimum atomic E-state index is 0.0632. The number of hydrogen-bond acceptors (Lipinski definition) is 3. The molecule has 0 saturated carbocycles. The van der Waals surface area contributed by atoms with Crippen LogP contribution in [0.3, 0.4) is 0 Å². The second-order valence-electron chi connectivity index (χ2n) is 3.08. The van der Waals surface area contributed by atoms with Gasteiger partial charge >= 0.3 is 0 Å². The van der Waals surface area contributed by atoms with Gasteiger partial charge in [-0.05, 0) is 27.6 Å². The molecule has 0 aliphatic carbocycles. The zero-order chi connectivity index (χ0) is 10.7. The number of rotatable bonds is 2. The summed E-state index contributed by atoms with van der Waals surface area (Å²) in [4.78, 5) is 8.13. The van der Waals surface area contributed by atoms with Crippen molar-refractivity contribution in [3.05, 3.63) is 46.8 Å². The molecule has 0 atom stereocenters. The first-order valence-electron chi connectivity index (χ1n) is 4.47. The predicted octanol–water partition coefficient (Wildman–Crippen LogP) is 2.40. The van der Waals surface area contributed by atoms with Gasteiger partial charge in [-0.2, -0.15) is 0 Å². The molecular weight excluding hydrogens is 256 g/mol. The van der Waals surface area contributed by atoms with E-state index in [0.29, 0.717) is 0 Å². The van der Waals surface area contributed by atoms with Crippen molar-refractivity contribution in [2.45, 2.75) is 6.61 Å². The van der Waals surface area contributed by atoms with Gasteiger partial charge in [0.25, 0.3) is 0 Å². The molecule has 2 rings (SSSR count). The molecule has 0 unspecified atom stereocenters. The summed E-state index contributed by atoms with van der Waals surface area (Å²) in [7, 11) is 0. The molecule has 1 aromatic heterocycles. The third kappa shape index (κ3) is 2.40. The highest BCUT2D eigenvalue weighted by molar-refractivity contribution is 9.10. The van der Waals surface area contributed by atoms with Crippen LogP contribution in [-0.4, -0.2) is 15.1 Å². The van der Waals surface area contributed by atoms with Crippen LogP contribution in [0.25, 0.3) is 11.3 Å². The number of aromatic nitrogens is 2. The second-order valence-corrected chi connectivity index (χ2v) is 3.89. The Balaban J connectivity index is 2.37. The van der Waals surface area contributed by atoms with Crippen molar-refractivity contribution in [2.75, 3.05) is 0 Å². The molecule has 0 amide bonds. The van der Waals surface area contributed by atoms with Gasteiger partial charge in [0, 0.05) is 5.56 Å². The third-order valence-corrected chi connectivity index (χ3v) is 2.50. The lowest BCUT2D eigenvalue weighted by Gasteiger charge is -2.01. The summed E-state index contributed by atoms with van der Waals surface area (Å²) in [6, 6.07) is 9.48. The van der Waals surface area contributed by atoms with Crippen molar-refractivity contribution in [3.63, 3.8) is 0 Å². The van der Waals surface area contributed by atoms with Gasteiger partial charge in [-0.1, -0.05) is 24.3 Å². The smallest absolute Gasteiger partial charge is 0.117 e. The van der Waals surface area contributed by atoms with Crippen molar-refractivity contribution in [3.8, 4) is 11.3 Å². The Bertz CT molecular complexity index is 456. The van der Waals surface area contributed by atoms with Crippen molar-refractivity contribution >= 4 is 15.9 Å². The zero-order valence-electron chi connectivity index (χ0n) is 7.89. The fourth-order valence-corrected chi connectivity index (χ4v) is 1.58. The van der Waals surface area contributed by atoms with E-state index in [0.717, 1.165) is 21.4 Å². The topological polar surface area (TPSA) is 46.0 Å². The van der Waals surface area contributed by atoms with Crippen LogP contribution in [0.2, 0.25) is 0 Å². The van der Waals surface area contributed by atoms with E-state index in [-0.39, 0.29) is 6.61 Å². The molecule has 2 aromatic rings. The van der Waals surface area contributed by atoms with Gasteiger partial charge in [-0.3, -0.25) is 0 Å². The SMILES string of the molecule is OCc1ccc(-c2cc(Br)ncn2)cc1. The first kappa shape index (κ1) is 10.3. The number of nitrogens with zero attached hydrogens (tertiary/aromatic N) is 2. The van der Waals surface area contributed by atoms with Gasteiger partial charge in [-0.25, -0.2) is 9.97 Å². The van der Waals surface area contributed by atoms with Gasteiger partial charge in [0.15, 0.2) is 0 Å². The molecule has 0 aliphatic rings. The highest BCUT2D eigenvalue weighted by Gasteiger charge is 2.00. The fourth-order valence-electron chi connectivity index (χ4n) is 1.27. The van der Waals surface area contributed by atoms with Crippen molar-refractivity contribution in [1.29, 1.82) is 0 Å². The summed E-state index contributed by atoms with van der Waals surface area (Å²) in [6.45, 7) is 0.0632. The molecule has 1 N–H and O–H groups in total. The van der Waals surface area contributed by atoms with Gasteiger partial charge < -0.3 is 5.11 Å². The highest BCUT2D eigenvalue weighted by Crippen LogP contribution is 2.19. The molecule has 1 heterocycles. The molecule has 4 heteroatoms. The number of halogens is 1. The molecule has 0 radical (unpaired) electrons. The molecule has 0 fully saturated rings. The van der Waals surface area contributed by atoms with Crippen LogP contribution >= 0.6 is 15.9 Å². The second kappa shape index (κ2) is 4.51. The average molecular weight is 265 g/mol. The average Bonchev–Trinajstić information content (AvgIpc) is 2.29. The summed E-state index contributed by atoms with van der Waals surface area (Å²) in [5.74, 6) is 0. The largest absolute Gasteiger partial charge is 0.392 e. The summed E-state index contributed by atoms with van der Waals surface area (Å²) < 4.78 is 0.763. The Morgan fingerprint density at radius 2 is 1.87 bits per heavy atom. The van der Waals surface area contributed by atoms with Crippen molar-refractivity contribution < 1.29 is 5.11 Å².